The van der Waals surface area contributed by atoms with Gasteiger partial charge in [0.1, 0.15) is 0 Å². The molecule has 0 aliphatic heterocycles. The van der Waals surface area contributed by atoms with E-state index in [0.717, 1.165) is 19.3 Å². The number of thiazole rings is 2. The SMILES string of the molecule is Cc1sc(=S)n(-c2cc(-n3c(C)c(C)sc3=S)c(C)c(C)c2C)c1C. The molecule has 0 fully saturated rings. The van der Waals surface area contributed by atoms with E-state index in [0.29, 0.717) is 0 Å². The maximum atomic E-state index is 5.65. The van der Waals surface area contributed by atoms with Gasteiger partial charge in [-0.15, -0.1) is 22.7 Å². The van der Waals surface area contributed by atoms with E-state index in [2.05, 4.69) is 63.7 Å². The van der Waals surface area contributed by atoms with Crippen LogP contribution in [-0.2, 0) is 0 Å². The molecule has 2 heterocycles. The summed E-state index contributed by atoms with van der Waals surface area (Å²) in [6.45, 7) is 15.1. The third-order valence-corrected chi connectivity index (χ3v) is 7.97. The van der Waals surface area contributed by atoms with Crippen molar-refractivity contribution in [2.24, 2.45) is 0 Å². The lowest BCUT2D eigenvalue weighted by molar-refractivity contribution is 0.940. The highest BCUT2D eigenvalue weighted by molar-refractivity contribution is 7.73. The van der Waals surface area contributed by atoms with Gasteiger partial charge in [-0.05, 0) is 95.7 Å². The Hall–Kier alpha value is -1.08. The van der Waals surface area contributed by atoms with Crippen molar-refractivity contribution in [3.8, 4) is 11.4 Å². The first-order valence-corrected chi connectivity index (χ1v) is 10.6. The second kappa shape index (κ2) is 6.58. The molecule has 0 N–H and O–H groups in total. The quantitative estimate of drug-likeness (QED) is 0.424. The Labute approximate surface area is 167 Å². The molecule has 2 nitrogen and oxygen atoms in total. The summed E-state index contributed by atoms with van der Waals surface area (Å²) in [6, 6.07) is 2.25. The van der Waals surface area contributed by atoms with E-state index in [1.54, 1.807) is 22.7 Å². The van der Waals surface area contributed by atoms with Gasteiger partial charge in [-0.1, -0.05) is 0 Å². The van der Waals surface area contributed by atoms with Crippen LogP contribution in [0.4, 0.5) is 0 Å². The Bertz CT molecular complexity index is 1020. The molecular formula is C19H22N2S4. The molecule has 25 heavy (non-hydrogen) atoms. The van der Waals surface area contributed by atoms with Gasteiger partial charge in [0.15, 0.2) is 7.91 Å². The summed E-state index contributed by atoms with van der Waals surface area (Å²) in [5, 5.41) is 0. The minimum atomic E-state index is 0.897. The molecule has 0 saturated carbocycles. The lowest BCUT2D eigenvalue weighted by atomic mass is 9.99. The number of hydrogen-bond acceptors (Lipinski definition) is 4. The van der Waals surface area contributed by atoms with E-state index in [1.807, 2.05) is 0 Å². The zero-order chi connectivity index (χ0) is 18.6. The molecule has 3 aromatic rings. The van der Waals surface area contributed by atoms with Crippen LogP contribution < -0.4 is 0 Å². The molecule has 0 atom stereocenters. The van der Waals surface area contributed by atoms with Crippen LogP contribution in [0.1, 0.15) is 37.8 Å². The molecule has 0 radical (unpaired) electrons. The van der Waals surface area contributed by atoms with Crippen molar-refractivity contribution in [1.29, 1.82) is 0 Å². The molecule has 0 unspecified atom stereocenters. The van der Waals surface area contributed by atoms with Gasteiger partial charge in [0, 0.05) is 21.1 Å². The number of aryl methyl sites for hydroxylation is 2. The second-order valence-electron chi connectivity index (χ2n) is 6.48. The normalized spacial score (nSPS) is 11.3. The van der Waals surface area contributed by atoms with E-state index in [9.17, 15) is 0 Å². The monoisotopic (exact) mass is 406 g/mol. The fourth-order valence-corrected chi connectivity index (χ4v) is 6.00. The average Bonchev–Trinajstić information content (AvgIpc) is 2.94. The highest BCUT2D eigenvalue weighted by Crippen LogP contribution is 2.33. The molecule has 2 aromatic heterocycles. The molecular weight excluding hydrogens is 384 g/mol. The summed E-state index contributed by atoms with van der Waals surface area (Å²) in [5.41, 5.74) is 8.60. The van der Waals surface area contributed by atoms with Crippen LogP contribution in [-0.4, -0.2) is 9.13 Å². The van der Waals surface area contributed by atoms with Crippen LogP contribution in [0, 0.1) is 56.4 Å². The number of rotatable bonds is 2. The number of benzene rings is 1. The summed E-state index contributed by atoms with van der Waals surface area (Å²) in [5.74, 6) is 0. The highest BCUT2D eigenvalue weighted by atomic mass is 32.2. The van der Waals surface area contributed by atoms with Crippen molar-refractivity contribution < 1.29 is 0 Å². The smallest absolute Gasteiger partial charge is 0.166 e. The summed E-state index contributed by atoms with van der Waals surface area (Å²) in [4.78, 5) is 2.53. The lowest BCUT2D eigenvalue weighted by Crippen LogP contribution is -2.08. The zero-order valence-corrected chi connectivity index (χ0v) is 18.9. The van der Waals surface area contributed by atoms with E-state index in [4.69, 9.17) is 24.4 Å². The standard InChI is InChI=1S/C19H22N2S4/c1-9-10(2)16(20-12(4)14(6)24-18(20)22)8-17(11(9)3)21-13(5)15(7)25-19(21)23/h8H,1-7H3. The maximum absolute atomic E-state index is 5.65. The first kappa shape index (κ1) is 18.7. The Morgan fingerprint density at radius 1 is 0.640 bits per heavy atom. The minimum absolute atomic E-state index is 0.897. The van der Waals surface area contributed by atoms with Crippen LogP contribution in [0.2, 0.25) is 0 Å². The molecule has 0 aliphatic rings. The van der Waals surface area contributed by atoms with Gasteiger partial charge in [0.25, 0.3) is 0 Å². The van der Waals surface area contributed by atoms with E-state index in [1.165, 1.54) is 37.8 Å². The highest BCUT2D eigenvalue weighted by Gasteiger charge is 2.17. The molecule has 0 bridgehead atoms. The Balaban J connectivity index is 2.43. The summed E-state index contributed by atoms with van der Waals surface area (Å²) < 4.78 is 6.21. The Kier molecular flexibility index (Phi) is 4.92. The van der Waals surface area contributed by atoms with Gasteiger partial charge in [0.2, 0.25) is 0 Å². The van der Waals surface area contributed by atoms with E-state index < -0.39 is 0 Å². The third kappa shape index (κ3) is 2.89. The number of hydrogen-bond donors (Lipinski definition) is 0. The second-order valence-corrected chi connectivity index (χ2v) is 10.2. The minimum Gasteiger partial charge on any atom is -0.296 e. The molecule has 1 aromatic carbocycles. The maximum Gasteiger partial charge on any atom is 0.166 e. The Morgan fingerprint density at radius 3 is 1.28 bits per heavy atom. The zero-order valence-electron chi connectivity index (χ0n) is 15.6. The molecule has 0 spiro atoms. The van der Waals surface area contributed by atoms with Crippen LogP contribution in [0.25, 0.3) is 11.4 Å². The van der Waals surface area contributed by atoms with Crippen LogP contribution in [0.15, 0.2) is 6.07 Å². The van der Waals surface area contributed by atoms with Crippen molar-refractivity contribution in [2.45, 2.75) is 48.5 Å². The van der Waals surface area contributed by atoms with Gasteiger partial charge >= 0.3 is 0 Å². The number of aromatic nitrogens is 2. The average molecular weight is 407 g/mol. The van der Waals surface area contributed by atoms with Crippen molar-refractivity contribution in [3.05, 3.63) is 51.8 Å². The fraction of sp³-hybridized carbons (Fsp3) is 0.368. The van der Waals surface area contributed by atoms with E-state index in [-0.39, 0.29) is 0 Å². The summed E-state index contributed by atoms with van der Waals surface area (Å²) in [6.07, 6.45) is 0. The predicted octanol–water partition coefficient (Wildman–Crippen LogP) is 7.01. The molecule has 0 saturated heterocycles. The summed E-state index contributed by atoms with van der Waals surface area (Å²) >= 11 is 14.6. The fourth-order valence-electron chi connectivity index (χ4n) is 3.12. The van der Waals surface area contributed by atoms with Gasteiger partial charge in [0.05, 0.1) is 11.4 Å². The first-order chi connectivity index (χ1) is 11.6. The first-order valence-electron chi connectivity index (χ1n) is 8.14. The van der Waals surface area contributed by atoms with Gasteiger partial charge in [-0.25, -0.2) is 0 Å². The van der Waals surface area contributed by atoms with Crippen molar-refractivity contribution in [2.75, 3.05) is 0 Å². The third-order valence-electron chi connectivity index (χ3n) is 5.18. The van der Waals surface area contributed by atoms with Crippen LogP contribution in [0.5, 0.6) is 0 Å². The molecule has 0 aliphatic carbocycles. The Morgan fingerprint density at radius 2 is 1.00 bits per heavy atom. The lowest BCUT2D eigenvalue weighted by Gasteiger charge is -2.19. The van der Waals surface area contributed by atoms with Crippen LogP contribution in [0.3, 0.4) is 0 Å². The molecule has 132 valence electrons. The van der Waals surface area contributed by atoms with Crippen LogP contribution >= 0.6 is 47.1 Å². The predicted molar refractivity (Wildman–Crippen MR) is 116 cm³/mol. The topological polar surface area (TPSA) is 9.86 Å². The van der Waals surface area contributed by atoms with Crippen molar-refractivity contribution >= 4 is 47.1 Å². The van der Waals surface area contributed by atoms with Gasteiger partial charge in [-0.2, -0.15) is 0 Å². The molecule has 3 rings (SSSR count). The summed E-state index contributed by atoms with van der Waals surface area (Å²) in [7, 11) is 0. The molecule has 6 heteroatoms. The van der Waals surface area contributed by atoms with E-state index >= 15 is 0 Å². The van der Waals surface area contributed by atoms with Crippen molar-refractivity contribution in [1.82, 2.24) is 9.13 Å². The van der Waals surface area contributed by atoms with Crippen molar-refractivity contribution in [3.63, 3.8) is 0 Å². The largest absolute Gasteiger partial charge is 0.296 e. The molecule has 0 amide bonds. The number of nitrogens with zero attached hydrogens (tertiary/aromatic N) is 2. The van der Waals surface area contributed by atoms with Gasteiger partial charge < -0.3 is 0 Å². The van der Waals surface area contributed by atoms with Gasteiger partial charge in [-0.3, -0.25) is 9.13 Å².